The first kappa shape index (κ1) is 8.26. The van der Waals surface area contributed by atoms with Crippen molar-refractivity contribution < 1.29 is 9.53 Å². The van der Waals surface area contributed by atoms with Gasteiger partial charge < -0.3 is 4.74 Å². The molecule has 1 aromatic rings. The Morgan fingerprint density at radius 2 is 2.00 bits per heavy atom. The van der Waals surface area contributed by atoms with Gasteiger partial charge in [-0.3, -0.25) is 9.69 Å². The normalized spacial score (nSPS) is 17.5. The first-order valence-corrected chi connectivity index (χ1v) is 4.31. The van der Waals surface area contributed by atoms with E-state index in [-0.39, 0.29) is 5.91 Å². The summed E-state index contributed by atoms with van der Waals surface area (Å²) in [4.78, 5) is 13.1. The molecule has 68 valence electrons. The molecule has 1 saturated heterocycles. The molecule has 0 saturated carbocycles. The zero-order valence-corrected chi connectivity index (χ0v) is 7.27. The lowest BCUT2D eigenvalue weighted by molar-refractivity contribution is -0.123. The molecule has 1 fully saturated rings. The number of anilines is 1. The maximum Gasteiger partial charge on any atom is 0.231 e. The van der Waals surface area contributed by atoms with Gasteiger partial charge in [-0.1, -0.05) is 18.2 Å². The molecule has 0 atom stereocenters. The summed E-state index contributed by atoms with van der Waals surface area (Å²) in [6.45, 7) is 0.922. The van der Waals surface area contributed by atoms with Crippen molar-refractivity contribution in [3.05, 3.63) is 30.3 Å². The van der Waals surface area contributed by atoms with Gasteiger partial charge in [-0.2, -0.15) is 0 Å². The summed E-state index contributed by atoms with van der Waals surface area (Å²) < 4.78 is 5.21. The van der Waals surface area contributed by atoms with Crippen molar-refractivity contribution >= 4 is 11.6 Å². The van der Waals surface area contributed by atoms with Crippen LogP contribution in [0, 0.1) is 0 Å². The first-order valence-electron chi connectivity index (χ1n) is 4.31. The number of rotatable bonds is 1. The average molecular weight is 177 g/mol. The third-order valence-electron chi connectivity index (χ3n) is 2.05. The minimum Gasteiger partial charge on any atom is -0.360 e. The van der Waals surface area contributed by atoms with Crippen LogP contribution in [0.15, 0.2) is 30.3 Å². The minimum atomic E-state index is 0.137. The number of nitrogens with zero attached hydrogens (tertiary/aromatic N) is 1. The number of hydrogen-bond acceptors (Lipinski definition) is 2. The molecule has 0 aliphatic carbocycles. The number of amides is 1. The lowest BCUT2D eigenvalue weighted by Crippen LogP contribution is -2.38. The van der Waals surface area contributed by atoms with E-state index in [0.717, 1.165) is 5.69 Å². The molecule has 1 amide bonds. The molecule has 3 heteroatoms. The molecule has 3 nitrogen and oxygen atoms in total. The van der Waals surface area contributed by atoms with Crippen LogP contribution in [0.5, 0.6) is 0 Å². The van der Waals surface area contributed by atoms with Crippen LogP contribution < -0.4 is 4.90 Å². The second-order valence-corrected chi connectivity index (χ2v) is 2.94. The van der Waals surface area contributed by atoms with E-state index in [1.54, 1.807) is 4.90 Å². The summed E-state index contributed by atoms with van der Waals surface area (Å²) in [5.74, 6) is 0.137. The summed E-state index contributed by atoms with van der Waals surface area (Å²) in [5.41, 5.74) is 0.909. The van der Waals surface area contributed by atoms with Gasteiger partial charge in [-0.15, -0.1) is 0 Å². The number of carbonyl (C=O) groups is 1. The molecule has 13 heavy (non-hydrogen) atoms. The zero-order valence-electron chi connectivity index (χ0n) is 7.27. The van der Waals surface area contributed by atoms with E-state index in [9.17, 15) is 4.79 Å². The lowest BCUT2D eigenvalue weighted by atomic mass is 10.2. The Kier molecular flexibility index (Phi) is 2.27. The van der Waals surface area contributed by atoms with Crippen LogP contribution in [-0.2, 0) is 9.53 Å². The van der Waals surface area contributed by atoms with Crippen LogP contribution in [0.2, 0.25) is 0 Å². The Morgan fingerprint density at radius 1 is 1.23 bits per heavy atom. The van der Waals surface area contributed by atoms with Gasteiger partial charge in [0.2, 0.25) is 5.91 Å². The van der Waals surface area contributed by atoms with E-state index in [1.807, 2.05) is 30.3 Å². The molecular weight excluding hydrogens is 166 g/mol. The highest BCUT2D eigenvalue weighted by atomic mass is 16.5. The second-order valence-electron chi connectivity index (χ2n) is 2.94. The monoisotopic (exact) mass is 177 g/mol. The third kappa shape index (κ3) is 1.70. The lowest BCUT2D eigenvalue weighted by Gasteiger charge is -2.26. The molecule has 1 aromatic carbocycles. The molecule has 1 aliphatic rings. The summed E-state index contributed by atoms with van der Waals surface area (Å²) >= 11 is 0. The van der Waals surface area contributed by atoms with E-state index >= 15 is 0 Å². The van der Waals surface area contributed by atoms with E-state index < -0.39 is 0 Å². The van der Waals surface area contributed by atoms with Crippen LogP contribution in [0.3, 0.4) is 0 Å². The zero-order chi connectivity index (χ0) is 9.10. The SMILES string of the molecule is O=C1CCOCN1c1ccccc1. The number of ether oxygens (including phenoxy) is 1. The number of carbonyl (C=O) groups excluding carboxylic acids is 1. The van der Waals surface area contributed by atoms with Crippen molar-refractivity contribution in [2.24, 2.45) is 0 Å². The Bertz CT molecular complexity index is 297. The van der Waals surface area contributed by atoms with E-state index in [1.165, 1.54) is 0 Å². The molecule has 1 heterocycles. The highest BCUT2D eigenvalue weighted by molar-refractivity contribution is 5.93. The summed E-state index contributed by atoms with van der Waals surface area (Å²) in [6.07, 6.45) is 0.481. The van der Waals surface area contributed by atoms with Gasteiger partial charge in [0, 0.05) is 5.69 Å². The third-order valence-corrected chi connectivity index (χ3v) is 2.05. The largest absolute Gasteiger partial charge is 0.360 e. The minimum absolute atomic E-state index is 0.137. The molecule has 0 unspecified atom stereocenters. The van der Waals surface area contributed by atoms with E-state index in [0.29, 0.717) is 19.8 Å². The molecular formula is C10H11NO2. The molecule has 0 N–H and O–H groups in total. The summed E-state index contributed by atoms with van der Waals surface area (Å²) in [6, 6.07) is 9.58. The van der Waals surface area contributed by atoms with Crippen LogP contribution in [0.1, 0.15) is 6.42 Å². The van der Waals surface area contributed by atoms with Gasteiger partial charge in [-0.05, 0) is 12.1 Å². The van der Waals surface area contributed by atoms with Gasteiger partial charge >= 0.3 is 0 Å². The first-order chi connectivity index (χ1) is 6.38. The van der Waals surface area contributed by atoms with Crippen LogP contribution >= 0.6 is 0 Å². The van der Waals surface area contributed by atoms with Crippen molar-refractivity contribution in [2.45, 2.75) is 6.42 Å². The van der Waals surface area contributed by atoms with E-state index in [2.05, 4.69) is 0 Å². The maximum atomic E-state index is 11.4. The van der Waals surface area contributed by atoms with Crippen LogP contribution in [0.4, 0.5) is 5.69 Å². The molecule has 1 aliphatic heterocycles. The standard InChI is InChI=1S/C10H11NO2/c12-10-6-7-13-8-11(10)9-4-2-1-3-5-9/h1-5H,6-8H2. The summed E-state index contributed by atoms with van der Waals surface area (Å²) in [5, 5.41) is 0. The van der Waals surface area contributed by atoms with Crippen molar-refractivity contribution in [2.75, 3.05) is 18.2 Å². The van der Waals surface area contributed by atoms with Crippen molar-refractivity contribution in [3.8, 4) is 0 Å². The Morgan fingerprint density at radius 3 is 2.69 bits per heavy atom. The predicted octanol–water partition coefficient (Wildman–Crippen LogP) is 1.40. The average Bonchev–Trinajstić information content (AvgIpc) is 2.20. The number of hydrogen-bond donors (Lipinski definition) is 0. The Labute approximate surface area is 76.9 Å². The van der Waals surface area contributed by atoms with Crippen LogP contribution in [0.25, 0.3) is 0 Å². The molecule has 0 bridgehead atoms. The molecule has 0 spiro atoms. The molecule has 0 radical (unpaired) electrons. The number of benzene rings is 1. The molecule has 0 aromatic heterocycles. The Balaban J connectivity index is 2.20. The quantitative estimate of drug-likeness (QED) is 0.648. The van der Waals surface area contributed by atoms with Crippen molar-refractivity contribution in [1.29, 1.82) is 0 Å². The molecule has 2 rings (SSSR count). The number of para-hydroxylation sites is 1. The predicted molar refractivity (Wildman–Crippen MR) is 49.4 cm³/mol. The second kappa shape index (κ2) is 3.58. The van der Waals surface area contributed by atoms with Crippen molar-refractivity contribution in [3.63, 3.8) is 0 Å². The fourth-order valence-electron chi connectivity index (χ4n) is 1.35. The fourth-order valence-corrected chi connectivity index (χ4v) is 1.35. The van der Waals surface area contributed by atoms with E-state index in [4.69, 9.17) is 4.74 Å². The fraction of sp³-hybridized carbons (Fsp3) is 0.300. The smallest absolute Gasteiger partial charge is 0.231 e. The van der Waals surface area contributed by atoms with Gasteiger partial charge in [0.25, 0.3) is 0 Å². The highest BCUT2D eigenvalue weighted by Crippen LogP contribution is 2.16. The highest BCUT2D eigenvalue weighted by Gasteiger charge is 2.19. The topological polar surface area (TPSA) is 29.5 Å². The Hall–Kier alpha value is -1.35. The summed E-state index contributed by atoms with van der Waals surface area (Å²) in [7, 11) is 0. The van der Waals surface area contributed by atoms with Gasteiger partial charge in [0.1, 0.15) is 6.73 Å². The van der Waals surface area contributed by atoms with Gasteiger partial charge in [-0.25, -0.2) is 0 Å². The van der Waals surface area contributed by atoms with Gasteiger partial charge in [0.15, 0.2) is 0 Å². The maximum absolute atomic E-state index is 11.4. The van der Waals surface area contributed by atoms with Crippen LogP contribution in [-0.4, -0.2) is 19.2 Å². The van der Waals surface area contributed by atoms with Gasteiger partial charge in [0.05, 0.1) is 13.0 Å². The van der Waals surface area contributed by atoms with Crippen molar-refractivity contribution in [1.82, 2.24) is 0 Å².